The molecule has 26 heavy (non-hydrogen) atoms. The van der Waals surface area contributed by atoms with Crippen LogP contribution < -0.4 is 5.32 Å². The van der Waals surface area contributed by atoms with Crippen molar-refractivity contribution in [2.45, 2.75) is 17.3 Å². The van der Waals surface area contributed by atoms with Gasteiger partial charge in [-0.25, -0.2) is 0 Å². The molecule has 0 radical (unpaired) electrons. The zero-order chi connectivity index (χ0) is 18.7. The van der Waals surface area contributed by atoms with Crippen LogP contribution in [0.1, 0.15) is 12.5 Å². The first-order chi connectivity index (χ1) is 12.5. The number of hydrogen-bond acceptors (Lipinski definition) is 6. The summed E-state index contributed by atoms with van der Waals surface area (Å²) in [6, 6.07) is 11.1. The molecule has 0 aliphatic heterocycles. The predicted octanol–water partition coefficient (Wildman–Crippen LogP) is 4.19. The average Bonchev–Trinajstić information content (AvgIpc) is 3.22. The highest BCUT2D eigenvalue weighted by Crippen LogP contribution is 2.30. The first kappa shape index (κ1) is 18.5. The van der Waals surface area contributed by atoms with Gasteiger partial charge in [-0.3, -0.25) is 4.79 Å². The number of rotatable bonds is 5. The van der Waals surface area contributed by atoms with E-state index in [1.807, 2.05) is 29.8 Å². The molecule has 0 spiro atoms. The van der Waals surface area contributed by atoms with Gasteiger partial charge in [0.1, 0.15) is 11.1 Å². The first-order valence-electron chi connectivity index (χ1n) is 7.60. The molecule has 132 valence electrons. The number of anilines is 1. The molecule has 6 nitrogen and oxygen atoms in total. The molecule has 2 aromatic heterocycles. The van der Waals surface area contributed by atoms with Gasteiger partial charge in [-0.05, 0) is 30.5 Å². The third-order valence-electron chi connectivity index (χ3n) is 3.62. The summed E-state index contributed by atoms with van der Waals surface area (Å²) >= 11 is 8.84. The van der Waals surface area contributed by atoms with Gasteiger partial charge in [0.2, 0.25) is 5.91 Å². The molecular weight excluding hydrogens is 390 g/mol. The van der Waals surface area contributed by atoms with E-state index in [9.17, 15) is 4.79 Å². The van der Waals surface area contributed by atoms with Crippen molar-refractivity contribution in [1.82, 2.24) is 14.8 Å². The summed E-state index contributed by atoms with van der Waals surface area (Å²) in [5, 5.41) is 23.3. The van der Waals surface area contributed by atoms with Crippen molar-refractivity contribution in [2.24, 2.45) is 7.05 Å². The fourth-order valence-electron chi connectivity index (χ4n) is 2.21. The van der Waals surface area contributed by atoms with E-state index in [1.165, 1.54) is 23.1 Å². The van der Waals surface area contributed by atoms with Crippen LogP contribution in [0.4, 0.5) is 5.00 Å². The quantitative estimate of drug-likeness (QED) is 0.646. The Balaban J connectivity index is 1.74. The molecule has 1 atom stereocenters. The van der Waals surface area contributed by atoms with E-state index in [4.69, 9.17) is 16.9 Å². The Morgan fingerprint density at radius 1 is 1.38 bits per heavy atom. The van der Waals surface area contributed by atoms with Gasteiger partial charge in [0, 0.05) is 12.6 Å². The van der Waals surface area contributed by atoms with Crippen molar-refractivity contribution in [3.05, 3.63) is 46.3 Å². The van der Waals surface area contributed by atoms with Crippen LogP contribution in [0.15, 0.2) is 40.9 Å². The Kier molecular flexibility index (Phi) is 5.61. The van der Waals surface area contributed by atoms with Crippen LogP contribution in [0, 0.1) is 11.3 Å². The molecule has 3 aromatic rings. The number of thiophene rings is 1. The second-order valence-corrected chi connectivity index (χ2v) is 8.00. The van der Waals surface area contributed by atoms with Gasteiger partial charge in [0.25, 0.3) is 0 Å². The van der Waals surface area contributed by atoms with Gasteiger partial charge in [-0.15, -0.1) is 21.5 Å². The number of nitriles is 1. The SMILES string of the molecule is C[C@H](Sc1nnc(-c2ccccc2Cl)n1C)C(=O)Nc1sccc1C#N. The molecule has 1 aromatic carbocycles. The van der Waals surface area contributed by atoms with Crippen LogP contribution in [0.3, 0.4) is 0 Å². The molecule has 0 saturated heterocycles. The van der Waals surface area contributed by atoms with Gasteiger partial charge >= 0.3 is 0 Å². The first-order valence-corrected chi connectivity index (χ1v) is 9.74. The lowest BCUT2D eigenvalue weighted by molar-refractivity contribution is -0.115. The van der Waals surface area contributed by atoms with Gasteiger partial charge in [-0.1, -0.05) is 35.5 Å². The molecule has 0 saturated carbocycles. The van der Waals surface area contributed by atoms with Crippen LogP contribution in [0.25, 0.3) is 11.4 Å². The highest BCUT2D eigenvalue weighted by molar-refractivity contribution is 8.00. The molecule has 0 unspecified atom stereocenters. The summed E-state index contributed by atoms with van der Waals surface area (Å²) in [5.74, 6) is 0.437. The Labute approximate surface area is 163 Å². The number of hydrogen-bond donors (Lipinski definition) is 1. The minimum atomic E-state index is -0.411. The number of carbonyl (C=O) groups excluding carboxylic acids is 1. The van der Waals surface area contributed by atoms with Gasteiger partial charge in [-0.2, -0.15) is 5.26 Å². The maximum absolute atomic E-state index is 12.4. The Hall–Kier alpha value is -2.34. The third-order valence-corrected chi connectivity index (χ3v) is 5.92. The second kappa shape index (κ2) is 7.91. The minimum absolute atomic E-state index is 0.198. The molecule has 9 heteroatoms. The molecule has 0 aliphatic carbocycles. The fourth-order valence-corrected chi connectivity index (χ4v) is 3.99. The molecule has 0 aliphatic rings. The van der Waals surface area contributed by atoms with E-state index in [0.29, 0.717) is 26.6 Å². The summed E-state index contributed by atoms with van der Waals surface area (Å²) < 4.78 is 1.81. The fraction of sp³-hybridized carbons (Fsp3) is 0.176. The van der Waals surface area contributed by atoms with Crippen LogP contribution in [-0.4, -0.2) is 25.9 Å². The molecule has 0 bridgehead atoms. The third kappa shape index (κ3) is 3.75. The number of carbonyl (C=O) groups is 1. The summed E-state index contributed by atoms with van der Waals surface area (Å²) in [7, 11) is 1.83. The van der Waals surface area contributed by atoms with E-state index >= 15 is 0 Å². The van der Waals surface area contributed by atoms with Gasteiger partial charge in [0.15, 0.2) is 11.0 Å². The Morgan fingerprint density at radius 2 is 2.15 bits per heavy atom. The number of amides is 1. The number of thioether (sulfide) groups is 1. The highest BCUT2D eigenvalue weighted by Gasteiger charge is 2.21. The van der Waals surface area contributed by atoms with Crippen molar-refractivity contribution in [2.75, 3.05) is 5.32 Å². The van der Waals surface area contributed by atoms with Crippen LogP contribution in [-0.2, 0) is 11.8 Å². The molecule has 1 amide bonds. The van der Waals surface area contributed by atoms with Crippen molar-refractivity contribution in [3.63, 3.8) is 0 Å². The van der Waals surface area contributed by atoms with Crippen LogP contribution in [0.5, 0.6) is 0 Å². The molecule has 0 fully saturated rings. The topological polar surface area (TPSA) is 83.6 Å². The lowest BCUT2D eigenvalue weighted by atomic mass is 10.2. The van der Waals surface area contributed by atoms with Crippen LogP contribution >= 0.6 is 34.7 Å². The van der Waals surface area contributed by atoms with E-state index in [1.54, 1.807) is 24.4 Å². The van der Waals surface area contributed by atoms with E-state index in [0.717, 1.165) is 5.56 Å². The minimum Gasteiger partial charge on any atom is -0.316 e. The smallest absolute Gasteiger partial charge is 0.238 e. The van der Waals surface area contributed by atoms with Gasteiger partial charge < -0.3 is 9.88 Å². The van der Waals surface area contributed by atoms with E-state index in [2.05, 4.69) is 21.6 Å². The zero-order valence-corrected chi connectivity index (χ0v) is 16.3. The van der Waals surface area contributed by atoms with Crippen molar-refractivity contribution in [3.8, 4) is 17.5 Å². The van der Waals surface area contributed by atoms with Crippen molar-refractivity contribution in [1.29, 1.82) is 5.26 Å². The monoisotopic (exact) mass is 403 g/mol. The standard InChI is InChI=1S/C17H14ClN5OS2/c1-10(15(24)20-16-11(9-19)7-8-25-16)26-17-22-21-14(23(17)2)12-5-3-4-6-13(12)18/h3-8,10H,1-2H3,(H,20,24)/t10-/m0/s1. The van der Waals surface area contributed by atoms with Crippen LogP contribution in [0.2, 0.25) is 5.02 Å². The lowest BCUT2D eigenvalue weighted by Crippen LogP contribution is -2.22. The molecule has 2 heterocycles. The number of halogens is 1. The average molecular weight is 404 g/mol. The normalized spacial score (nSPS) is 11.8. The number of benzene rings is 1. The number of nitrogens with zero attached hydrogens (tertiary/aromatic N) is 4. The summed E-state index contributed by atoms with van der Waals surface area (Å²) in [5.41, 5.74) is 1.24. The molecule has 1 N–H and O–H groups in total. The van der Waals surface area contributed by atoms with E-state index in [-0.39, 0.29) is 5.91 Å². The predicted molar refractivity (Wildman–Crippen MR) is 104 cm³/mol. The Morgan fingerprint density at radius 3 is 2.88 bits per heavy atom. The lowest BCUT2D eigenvalue weighted by Gasteiger charge is -2.11. The Bertz CT molecular complexity index is 991. The highest BCUT2D eigenvalue weighted by atomic mass is 35.5. The second-order valence-electron chi connectivity index (χ2n) is 5.37. The molecular formula is C17H14ClN5OS2. The van der Waals surface area contributed by atoms with Crippen molar-refractivity contribution >= 4 is 45.6 Å². The largest absolute Gasteiger partial charge is 0.316 e. The molecule has 3 rings (SSSR count). The number of aromatic nitrogens is 3. The maximum atomic E-state index is 12.4. The summed E-state index contributed by atoms with van der Waals surface area (Å²) in [6.45, 7) is 1.78. The number of nitrogens with one attached hydrogen (secondary N) is 1. The summed E-state index contributed by atoms with van der Waals surface area (Å²) in [4.78, 5) is 12.4. The maximum Gasteiger partial charge on any atom is 0.238 e. The zero-order valence-electron chi connectivity index (χ0n) is 13.9. The van der Waals surface area contributed by atoms with Gasteiger partial charge in [0.05, 0.1) is 15.8 Å². The van der Waals surface area contributed by atoms with E-state index < -0.39 is 5.25 Å². The summed E-state index contributed by atoms with van der Waals surface area (Å²) in [6.07, 6.45) is 0. The van der Waals surface area contributed by atoms with Crippen molar-refractivity contribution < 1.29 is 4.79 Å².